The number of rotatable bonds is 6. The minimum absolute atomic E-state index is 0.0521. The van der Waals surface area contributed by atoms with Gasteiger partial charge in [0.1, 0.15) is 23.5 Å². The van der Waals surface area contributed by atoms with E-state index in [1.165, 1.54) is 21.5 Å². The van der Waals surface area contributed by atoms with Crippen LogP contribution in [0.25, 0.3) is 28.3 Å². The Kier molecular flexibility index (Phi) is 4.92. The maximum Gasteiger partial charge on any atom is 0.277 e. The standard InChI is InChI=1S/C21H17N7O4/c1-31-14-4-2-13(3-5-14)18-15(12-29)19-21(30)27(8-9-28(19)25-18)11-17-24-20(26-32-17)16-10-22-6-7-23-16/h2-10,29H,11-12H2,1H3. The first-order valence-corrected chi connectivity index (χ1v) is 9.63. The lowest BCUT2D eigenvalue weighted by molar-refractivity contribution is 0.283. The molecule has 1 N–H and O–H groups in total. The average Bonchev–Trinajstić information content (AvgIpc) is 3.46. The first kappa shape index (κ1) is 19.6. The van der Waals surface area contributed by atoms with Gasteiger partial charge in [-0.05, 0) is 24.3 Å². The third-order valence-electron chi connectivity index (χ3n) is 4.95. The third-order valence-corrected chi connectivity index (χ3v) is 4.95. The molecule has 4 aromatic heterocycles. The molecule has 0 aliphatic rings. The number of fused-ring (bicyclic) bond motifs is 1. The Labute approximate surface area is 180 Å². The second-order valence-corrected chi connectivity index (χ2v) is 6.84. The van der Waals surface area contributed by atoms with Crippen molar-refractivity contribution in [2.75, 3.05) is 7.11 Å². The molecule has 160 valence electrons. The summed E-state index contributed by atoms with van der Waals surface area (Å²) in [6, 6.07) is 7.24. The molecular weight excluding hydrogens is 414 g/mol. The summed E-state index contributed by atoms with van der Waals surface area (Å²) in [6.45, 7) is -0.294. The number of methoxy groups -OCH3 is 1. The molecule has 0 amide bonds. The van der Waals surface area contributed by atoms with Crippen LogP contribution in [-0.2, 0) is 13.2 Å². The minimum Gasteiger partial charge on any atom is -0.497 e. The van der Waals surface area contributed by atoms with Crippen molar-refractivity contribution in [2.45, 2.75) is 13.2 Å². The maximum atomic E-state index is 13.2. The topological polar surface area (TPSA) is 133 Å². The Balaban J connectivity index is 1.52. The molecule has 5 rings (SSSR count). The van der Waals surface area contributed by atoms with E-state index in [1.807, 2.05) is 12.1 Å². The van der Waals surface area contributed by atoms with Crippen LogP contribution in [0.5, 0.6) is 5.75 Å². The number of hydrogen-bond acceptors (Lipinski definition) is 9. The molecule has 11 nitrogen and oxygen atoms in total. The SMILES string of the molecule is COc1ccc(-c2nn3ccn(Cc4nc(-c5cnccn5)no4)c(=O)c3c2CO)cc1. The van der Waals surface area contributed by atoms with Crippen LogP contribution in [0.1, 0.15) is 11.5 Å². The monoisotopic (exact) mass is 431 g/mol. The molecule has 0 fully saturated rings. The first-order valence-electron chi connectivity index (χ1n) is 9.63. The normalized spacial score (nSPS) is 11.2. The minimum atomic E-state index is -0.346. The summed E-state index contributed by atoms with van der Waals surface area (Å²) in [5, 5.41) is 18.4. The largest absolute Gasteiger partial charge is 0.497 e. The van der Waals surface area contributed by atoms with E-state index in [-0.39, 0.29) is 35.9 Å². The summed E-state index contributed by atoms with van der Waals surface area (Å²) in [5.74, 6) is 1.22. The van der Waals surface area contributed by atoms with Crippen molar-refractivity contribution in [3.05, 3.63) is 77.1 Å². The van der Waals surface area contributed by atoms with Gasteiger partial charge in [-0.3, -0.25) is 9.78 Å². The van der Waals surface area contributed by atoms with Crippen LogP contribution < -0.4 is 10.3 Å². The van der Waals surface area contributed by atoms with Crippen LogP contribution in [-0.4, -0.2) is 46.5 Å². The van der Waals surface area contributed by atoms with Crippen LogP contribution in [0.2, 0.25) is 0 Å². The number of ether oxygens (including phenoxy) is 1. The first-order chi connectivity index (χ1) is 15.7. The van der Waals surface area contributed by atoms with E-state index in [9.17, 15) is 9.90 Å². The zero-order valence-electron chi connectivity index (χ0n) is 16.9. The van der Waals surface area contributed by atoms with Crippen molar-refractivity contribution in [3.63, 3.8) is 0 Å². The summed E-state index contributed by atoms with van der Waals surface area (Å²) >= 11 is 0. The van der Waals surface area contributed by atoms with Gasteiger partial charge in [-0.25, -0.2) is 9.50 Å². The molecule has 0 saturated heterocycles. The fraction of sp³-hybridized carbons (Fsp3) is 0.143. The van der Waals surface area contributed by atoms with Crippen molar-refractivity contribution < 1.29 is 14.4 Å². The van der Waals surface area contributed by atoms with E-state index in [4.69, 9.17) is 9.26 Å². The van der Waals surface area contributed by atoms with Crippen molar-refractivity contribution in [3.8, 4) is 28.5 Å². The third kappa shape index (κ3) is 3.40. The van der Waals surface area contributed by atoms with Gasteiger partial charge in [0.25, 0.3) is 5.56 Å². The maximum absolute atomic E-state index is 13.2. The predicted molar refractivity (Wildman–Crippen MR) is 112 cm³/mol. The second kappa shape index (κ2) is 8.04. The molecule has 5 aromatic rings. The average molecular weight is 431 g/mol. The molecule has 32 heavy (non-hydrogen) atoms. The van der Waals surface area contributed by atoms with E-state index in [0.717, 1.165) is 5.56 Å². The van der Waals surface area contributed by atoms with Crippen molar-refractivity contribution in [1.29, 1.82) is 0 Å². The second-order valence-electron chi connectivity index (χ2n) is 6.84. The fourth-order valence-corrected chi connectivity index (χ4v) is 3.39. The Bertz CT molecular complexity index is 1440. The fourth-order valence-electron chi connectivity index (χ4n) is 3.39. The number of aromatic nitrogens is 7. The van der Waals surface area contributed by atoms with Gasteiger partial charge in [0, 0.05) is 35.9 Å². The highest BCUT2D eigenvalue weighted by molar-refractivity contribution is 5.72. The molecule has 0 radical (unpaired) electrons. The number of aliphatic hydroxyl groups is 1. The highest BCUT2D eigenvalue weighted by Crippen LogP contribution is 2.26. The van der Waals surface area contributed by atoms with E-state index >= 15 is 0 Å². The van der Waals surface area contributed by atoms with Crippen molar-refractivity contribution in [2.24, 2.45) is 0 Å². The van der Waals surface area contributed by atoms with E-state index in [0.29, 0.717) is 22.7 Å². The van der Waals surface area contributed by atoms with Crippen LogP contribution in [0.15, 0.2) is 64.6 Å². The van der Waals surface area contributed by atoms with Crippen LogP contribution in [0.4, 0.5) is 0 Å². The van der Waals surface area contributed by atoms with Gasteiger partial charge in [0.15, 0.2) is 0 Å². The van der Waals surface area contributed by atoms with E-state index in [2.05, 4.69) is 25.2 Å². The van der Waals surface area contributed by atoms with Gasteiger partial charge in [-0.1, -0.05) is 5.16 Å². The molecule has 1 aromatic carbocycles. The van der Waals surface area contributed by atoms with E-state index < -0.39 is 0 Å². The quantitative estimate of drug-likeness (QED) is 0.425. The molecule has 0 spiro atoms. The van der Waals surface area contributed by atoms with Crippen LogP contribution >= 0.6 is 0 Å². The molecule has 11 heteroatoms. The molecule has 0 saturated carbocycles. The molecule has 0 unspecified atom stereocenters. The number of benzene rings is 1. The Morgan fingerprint density at radius 1 is 1.16 bits per heavy atom. The Hall–Kier alpha value is -4.38. The van der Waals surface area contributed by atoms with Crippen molar-refractivity contribution in [1.82, 2.24) is 34.3 Å². The molecule has 0 atom stereocenters. The lowest BCUT2D eigenvalue weighted by Gasteiger charge is -2.04. The van der Waals surface area contributed by atoms with Gasteiger partial charge in [0.2, 0.25) is 11.7 Å². The van der Waals surface area contributed by atoms with Gasteiger partial charge in [0.05, 0.1) is 25.6 Å². The van der Waals surface area contributed by atoms with Gasteiger partial charge < -0.3 is 18.9 Å². The van der Waals surface area contributed by atoms with Gasteiger partial charge >= 0.3 is 0 Å². The Morgan fingerprint density at radius 3 is 2.72 bits per heavy atom. The zero-order valence-corrected chi connectivity index (χ0v) is 16.9. The van der Waals surface area contributed by atoms with Crippen LogP contribution in [0.3, 0.4) is 0 Å². The number of hydrogen-bond donors (Lipinski definition) is 1. The van der Waals surface area contributed by atoms with Gasteiger partial charge in [-0.15, -0.1) is 0 Å². The van der Waals surface area contributed by atoms with Crippen LogP contribution in [0, 0.1) is 0 Å². The summed E-state index contributed by atoms with van der Waals surface area (Å²) in [7, 11) is 1.58. The summed E-state index contributed by atoms with van der Waals surface area (Å²) in [5.41, 5.74) is 2.10. The molecule has 4 heterocycles. The smallest absolute Gasteiger partial charge is 0.277 e. The highest BCUT2D eigenvalue weighted by atomic mass is 16.5. The molecule has 0 aliphatic heterocycles. The highest BCUT2D eigenvalue weighted by Gasteiger charge is 2.19. The molecular formula is C21H17N7O4. The predicted octanol–water partition coefficient (Wildman–Crippen LogP) is 1.55. The van der Waals surface area contributed by atoms with E-state index in [1.54, 1.807) is 37.8 Å². The number of nitrogens with zero attached hydrogens (tertiary/aromatic N) is 7. The summed E-state index contributed by atoms with van der Waals surface area (Å²) in [4.78, 5) is 25.6. The summed E-state index contributed by atoms with van der Waals surface area (Å²) < 4.78 is 13.3. The van der Waals surface area contributed by atoms with Gasteiger partial charge in [-0.2, -0.15) is 10.1 Å². The zero-order chi connectivity index (χ0) is 22.1. The lowest BCUT2D eigenvalue weighted by Crippen LogP contribution is -2.22. The molecule has 0 bridgehead atoms. The van der Waals surface area contributed by atoms with Crippen molar-refractivity contribution >= 4 is 5.52 Å². The molecule has 0 aliphatic carbocycles. The Morgan fingerprint density at radius 2 is 2.00 bits per heavy atom. The summed E-state index contributed by atoms with van der Waals surface area (Å²) in [6.07, 6.45) is 7.81. The number of aliphatic hydroxyl groups excluding tert-OH is 1. The lowest BCUT2D eigenvalue weighted by atomic mass is 10.1.